The molecule has 0 fully saturated rings. The lowest BCUT2D eigenvalue weighted by atomic mass is 9.98. The number of hydrogen-bond donors (Lipinski definition) is 2. The molecule has 1 amide bonds. The van der Waals surface area contributed by atoms with E-state index in [1.807, 2.05) is 37.2 Å². The van der Waals surface area contributed by atoms with Gasteiger partial charge in [-0.05, 0) is 76.2 Å². The average Bonchev–Trinajstić information content (AvgIpc) is 2.61. The highest BCUT2D eigenvalue weighted by Gasteiger charge is 2.17. The summed E-state index contributed by atoms with van der Waals surface area (Å²) in [5.41, 5.74) is 1.83. The van der Waals surface area contributed by atoms with Crippen molar-refractivity contribution < 1.29 is 14.3 Å². The van der Waals surface area contributed by atoms with Crippen molar-refractivity contribution in [1.29, 1.82) is 0 Å². The van der Waals surface area contributed by atoms with E-state index in [9.17, 15) is 14.3 Å². The summed E-state index contributed by atoms with van der Waals surface area (Å²) in [6.07, 6.45) is 1.34. The van der Waals surface area contributed by atoms with Crippen LogP contribution in [0.25, 0.3) is 0 Å². The number of rotatable bonds is 8. The Morgan fingerprint density at radius 2 is 1.85 bits per heavy atom. The van der Waals surface area contributed by atoms with Crippen molar-refractivity contribution in [2.24, 2.45) is 0 Å². The SMILES string of the molecule is CN(C)[C@H](CNC(=O)c1cccc(CCC(C)(C)O)c1)c1ccc(F)cc1. The molecule has 0 saturated heterocycles. The maximum atomic E-state index is 13.2. The van der Waals surface area contributed by atoms with Gasteiger partial charge in [0.15, 0.2) is 0 Å². The average molecular weight is 372 g/mol. The Hall–Kier alpha value is -2.24. The van der Waals surface area contributed by atoms with Crippen molar-refractivity contribution >= 4 is 5.91 Å². The first-order valence-electron chi connectivity index (χ1n) is 9.17. The first-order valence-corrected chi connectivity index (χ1v) is 9.17. The minimum Gasteiger partial charge on any atom is -0.390 e. The second-order valence-corrected chi connectivity index (χ2v) is 7.75. The van der Waals surface area contributed by atoms with Crippen LogP contribution in [0.1, 0.15) is 47.8 Å². The number of aliphatic hydroxyl groups is 1. The van der Waals surface area contributed by atoms with Gasteiger partial charge in [-0.2, -0.15) is 0 Å². The Bertz CT molecular complexity index is 752. The molecule has 0 aliphatic heterocycles. The number of hydrogen-bond acceptors (Lipinski definition) is 3. The molecule has 0 aliphatic rings. The third-order valence-electron chi connectivity index (χ3n) is 4.55. The van der Waals surface area contributed by atoms with Gasteiger partial charge in [0.1, 0.15) is 5.82 Å². The fourth-order valence-corrected chi connectivity index (χ4v) is 2.89. The molecule has 0 saturated carbocycles. The summed E-state index contributed by atoms with van der Waals surface area (Å²) in [4.78, 5) is 14.6. The molecule has 5 heteroatoms. The molecule has 0 spiro atoms. The molecule has 2 aromatic rings. The summed E-state index contributed by atoms with van der Waals surface area (Å²) < 4.78 is 13.2. The second-order valence-electron chi connectivity index (χ2n) is 7.75. The van der Waals surface area contributed by atoms with Gasteiger partial charge in [-0.1, -0.05) is 24.3 Å². The van der Waals surface area contributed by atoms with E-state index in [0.29, 0.717) is 24.9 Å². The zero-order chi connectivity index (χ0) is 20.0. The smallest absolute Gasteiger partial charge is 0.251 e. The zero-order valence-corrected chi connectivity index (χ0v) is 16.5. The summed E-state index contributed by atoms with van der Waals surface area (Å²) in [6.45, 7) is 3.98. The highest BCUT2D eigenvalue weighted by molar-refractivity contribution is 5.94. The van der Waals surface area contributed by atoms with E-state index in [1.165, 1.54) is 12.1 Å². The van der Waals surface area contributed by atoms with E-state index in [1.54, 1.807) is 32.0 Å². The Labute approximate surface area is 161 Å². The minimum absolute atomic E-state index is 0.0482. The lowest BCUT2D eigenvalue weighted by Crippen LogP contribution is -2.34. The number of carbonyl (C=O) groups is 1. The lowest BCUT2D eigenvalue weighted by Gasteiger charge is -2.25. The van der Waals surface area contributed by atoms with Gasteiger partial charge in [0.25, 0.3) is 5.91 Å². The van der Waals surface area contributed by atoms with Crippen LogP contribution < -0.4 is 5.32 Å². The molecule has 1 atom stereocenters. The van der Waals surface area contributed by atoms with Gasteiger partial charge in [0.2, 0.25) is 0 Å². The molecule has 0 heterocycles. The lowest BCUT2D eigenvalue weighted by molar-refractivity contribution is 0.0714. The second kappa shape index (κ2) is 9.11. The van der Waals surface area contributed by atoms with Gasteiger partial charge in [0.05, 0.1) is 11.6 Å². The number of likely N-dealkylation sites (N-methyl/N-ethyl adjacent to an activating group) is 1. The standard InChI is InChI=1S/C22H29FN2O2/c1-22(2,27)13-12-16-6-5-7-18(14-16)21(26)24-15-20(25(3)4)17-8-10-19(23)11-9-17/h5-11,14,20,27H,12-13,15H2,1-4H3,(H,24,26)/t20-/m1/s1. The fraction of sp³-hybridized carbons (Fsp3) is 0.409. The van der Waals surface area contributed by atoms with E-state index in [2.05, 4.69) is 5.32 Å². The molecule has 0 unspecified atom stereocenters. The van der Waals surface area contributed by atoms with Crippen LogP contribution in [0.15, 0.2) is 48.5 Å². The van der Waals surface area contributed by atoms with E-state index in [4.69, 9.17) is 0 Å². The summed E-state index contributed by atoms with van der Waals surface area (Å²) in [5.74, 6) is -0.419. The molecule has 27 heavy (non-hydrogen) atoms. The van der Waals surface area contributed by atoms with E-state index in [-0.39, 0.29) is 17.8 Å². The van der Waals surface area contributed by atoms with Crippen LogP contribution in [0.5, 0.6) is 0 Å². The van der Waals surface area contributed by atoms with Crippen LogP contribution in [0.4, 0.5) is 4.39 Å². The molecule has 2 aromatic carbocycles. The van der Waals surface area contributed by atoms with Crippen molar-refractivity contribution in [3.05, 3.63) is 71.0 Å². The van der Waals surface area contributed by atoms with E-state index in [0.717, 1.165) is 11.1 Å². The maximum absolute atomic E-state index is 13.2. The van der Waals surface area contributed by atoms with Crippen molar-refractivity contribution in [1.82, 2.24) is 10.2 Å². The number of amides is 1. The van der Waals surface area contributed by atoms with Crippen molar-refractivity contribution in [2.75, 3.05) is 20.6 Å². The number of halogens is 1. The molecule has 0 radical (unpaired) electrons. The first kappa shape index (κ1) is 21.1. The quantitative estimate of drug-likeness (QED) is 0.745. The summed E-state index contributed by atoms with van der Waals surface area (Å²) in [7, 11) is 3.86. The Kier molecular flexibility index (Phi) is 7.11. The Morgan fingerprint density at radius 1 is 1.19 bits per heavy atom. The van der Waals surface area contributed by atoms with Crippen LogP contribution in [-0.2, 0) is 6.42 Å². The van der Waals surface area contributed by atoms with Crippen molar-refractivity contribution in [3.63, 3.8) is 0 Å². The molecule has 0 aliphatic carbocycles. The number of aryl methyl sites for hydroxylation is 1. The third kappa shape index (κ3) is 6.77. The fourth-order valence-electron chi connectivity index (χ4n) is 2.89. The van der Waals surface area contributed by atoms with Crippen molar-refractivity contribution in [3.8, 4) is 0 Å². The predicted octanol–water partition coefficient (Wildman–Crippen LogP) is 3.56. The monoisotopic (exact) mass is 372 g/mol. The number of nitrogens with one attached hydrogen (secondary N) is 1. The largest absolute Gasteiger partial charge is 0.390 e. The van der Waals surface area contributed by atoms with E-state index < -0.39 is 5.60 Å². The van der Waals surface area contributed by atoms with Crippen molar-refractivity contribution in [2.45, 2.75) is 38.3 Å². The first-order chi connectivity index (χ1) is 12.7. The molecule has 4 nitrogen and oxygen atoms in total. The van der Waals surface area contributed by atoms with Crippen LogP contribution in [0.3, 0.4) is 0 Å². The molecule has 2 N–H and O–H groups in total. The number of benzene rings is 2. The summed E-state index contributed by atoms with van der Waals surface area (Å²) >= 11 is 0. The number of nitrogens with zero attached hydrogens (tertiary/aromatic N) is 1. The highest BCUT2D eigenvalue weighted by atomic mass is 19.1. The molecule has 146 valence electrons. The maximum Gasteiger partial charge on any atom is 0.251 e. The summed E-state index contributed by atoms with van der Waals surface area (Å²) in [5, 5.41) is 12.8. The molecule has 0 bridgehead atoms. The number of carbonyl (C=O) groups excluding carboxylic acids is 1. The topological polar surface area (TPSA) is 52.6 Å². The van der Waals surface area contributed by atoms with E-state index >= 15 is 0 Å². The minimum atomic E-state index is -0.730. The molecule has 0 aromatic heterocycles. The molecule has 2 rings (SSSR count). The van der Waals surface area contributed by atoms with Crippen LogP contribution in [0.2, 0.25) is 0 Å². The van der Waals surface area contributed by atoms with Crippen LogP contribution in [-0.4, -0.2) is 42.2 Å². The van der Waals surface area contributed by atoms with Gasteiger partial charge in [0, 0.05) is 12.1 Å². The van der Waals surface area contributed by atoms with Gasteiger partial charge >= 0.3 is 0 Å². The Morgan fingerprint density at radius 3 is 2.44 bits per heavy atom. The third-order valence-corrected chi connectivity index (χ3v) is 4.55. The van der Waals surface area contributed by atoms with Crippen LogP contribution in [0, 0.1) is 5.82 Å². The van der Waals surface area contributed by atoms with Gasteiger partial charge < -0.3 is 15.3 Å². The molecular weight excluding hydrogens is 343 g/mol. The van der Waals surface area contributed by atoms with Crippen LogP contribution >= 0.6 is 0 Å². The van der Waals surface area contributed by atoms with Gasteiger partial charge in [-0.25, -0.2) is 4.39 Å². The predicted molar refractivity (Wildman–Crippen MR) is 106 cm³/mol. The molecular formula is C22H29FN2O2. The normalized spacial score (nSPS) is 12.9. The highest BCUT2D eigenvalue weighted by Crippen LogP contribution is 2.18. The zero-order valence-electron chi connectivity index (χ0n) is 16.5. The Balaban J connectivity index is 2.02. The van der Waals surface area contributed by atoms with Gasteiger partial charge in [-0.15, -0.1) is 0 Å². The van der Waals surface area contributed by atoms with Gasteiger partial charge in [-0.3, -0.25) is 4.79 Å². The summed E-state index contributed by atoms with van der Waals surface area (Å²) in [6, 6.07) is 13.8.